The summed E-state index contributed by atoms with van der Waals surface area (Å²) in [5, 5.41) is 30.0. The summed E-state index contributed by atoms with van der Waals surface area (Å²) in [6.45, 7) is 2.59. The number of aliphatic hydroxyl groups excluding tert-OH is 2. The summed E-state index contributed by atoms with van der Waals surface area (Å²) in [6, 6.07) is 26.7. The van der Waals surface area contributed by atoms with Crippen molar-refractivity contribution < 1.29 is 29.2 Å². The van der Waals surface area contributed by atoms with Crippen LogP contribution in [0.4, 0.5) is 4.79 Å². The van der Waals surface area contributed by atoms with Crippen molar-refractivity contribution in [3.05, 3.63) is 129 Å². The van der Waals surface area contributed by atoms with Crippen LogP contribution in [-0.4, -0.2) is 70.4 Å². The Morgan fingerprint density at radius 2 is 1.43 bits per heavy atom. The Morgan fingerprint density at radius 3 is 2.04 bits per heavy atom. The molecular formula is C36H43N7O6. The molecule has 258 valence electrons. The van der Waals surface area contributed by atoms with Crippen molar-refractivity contribution in [2.24, 2.45) is 22.1 Å². The molecule has 0 bridgehead atoms. The summed E-state index contributed by atoms with van der Waals surface area (Å²) in [6.07, 6.45) is -3.41. The van der Waals surface area contributed by atoms with Gasteiger partial charge in [-0.05, 0) is 52.9 Å². The number of benzene rings is 3. The van der Waals surface area contributed by atoms with Gasteiger partial charge in [0.2, 0.25) is 0 Å². The van der Waals surface area contributed by atoms with Crippen LogP contribution in [0.5, 0.6) is 0 Å². The molecule has 1 aliphatic carbocycles. The van der Waals surface area contributed by atoms with Crippen molar-refractivity contribution in [1.29, 1.82) is 0 Å². The van der Waals surface area contributed by atoms with Gasteiger partial charge in [-0.1, -0.05) is 108 Å². The first-order valence-corrected chi connectivity index (χ1v) is 16.6. The minimum absolute atomic E-state index is 0.0751. The van der Waals surface area contributed by atoms with Crippen LogP contribution in [0.25, 0.3) is 20.9 Å². The summed E-state index contributed by atoms with van der Waals surface area (Å²) in [5.74, 6) is -0.894. The lowest BCUT2D eigenvalue weighted by molar-refractivity contribution is -0.178. The van der Waals surface area contributed by atoms with Gasteiger partial charge in [0.25, 0.3) is 0 Å². The molecule has 13 heteroatoms. The van der Waals surface area contributed by atoms with Gasteiger partial charge in [-0.2, -0.15) is 0 Å². The molecule has 0 aromatic heterocycles. The van der Waals surface area contributed by atoms with Crippen LogP contribution < -0.4 is 0 Å². The molecule has 1 heterocycles. The van der Waals surface area contributed by atoms with Gasteiger partial charge in [-0.25, -0.2) is 4.79 Å². The van der Waals surface area contributed by atoms with E-state index in [4.69, 9.17) is 19.7 Å². The van der Waals surface area contributed by atoms with Crippen LogP contribution in [0.1, 0.15) is 42.9 Å². The first-order chi connectivity index (χ1) is 23.9. The number of amides is 1. The van der Waals surface area contributed by atoms with Crippen molar-refractivity contribution in [3.8, 4) is 0 Å². The molecule has 1 saturated heterocycles. The van der Waals surface area contributed by atoms with Crippen LogP contribution in [0.3, 0.4) is 0 Å². The predicted molar refractivity (Wildman–Crippen MR) is 182 cm³/mol. The average Bonchev–Trinajstić information content (AvgIpc) is 3.13. The monoisotopic (exact) mass is 669 g/mol. The number of rotatable bonds is 13. The van der Waals surface area contributed by atoms with E-state index in [9.17, 15) is 20.5 Å². The highest BCUT2D eigenvalue weighted by Gasteiger charge is 2.50. The topological polar surface area (TPSA) is 186 Å². The van der Waals surface area contributed by atoms with Crippen LogP contribution >= 0.6 is 0 Å². The lowest BCUT2D eigenvalue weighted by atomic mass is 9.69. The number of hydrogen-bond donors (Lipinski definition) is 2. The second-order valence-corrected chi connectivity index (χ2v) is 12.8. The number of aliphatic hydroxyl groups is 2. The first kappa shape index (κ1) is 35.7. The molecule has 2 fully saturated rings. The molecule has 0 radical (unpaired) electrons. The Balaban J connectivity index is 1.46. The zero-order chi connectivity index (χ0) is 34.6. The Bertz CT molecular complexity index is 1570. The number of hydrogen-bond acceptors (Lipinski definition) is 8. The zero-order valence-corrected chi connectivity index (χ0v) is 27.5. The van der Waals surface area contributed by atoms with E-state index in [0.29, 0.717) is 25.9 Å². The van der Waals surface area contributed by atoms with Crippen molar-refractivity contribution >= 4 is 6.09 Å². The normalized spacial score (nSPS) is 27.2. The first-order valence-electron chi connectivity index (χ1n) is 16.6. The average molecular weight is 670 g/mol. The highest BCUT2D eigenvalue weighted by atomic mass is 16.6. The lowest BCUT2D eigenvalue weighted by Gasteiger charge is -2.49. The maximum Gasteiger partial charge on any atom is 0.410 e. The molecule has 3 unspecified atom stereocenters. The number of azide groups is 2. The molecular weight excluding hydrogens is 626 g/mol. The summed E-state index contributed by atoms with van der Waals surface area (Å²) in [7, 11) is 0. The third kappa shape index (κ3) is 9.30. The Hall–Kier alpha value is -4.61. The third-order valence-electron chi connectivity index (χ3n) is 9.51. The Morgan fingerprint density at radius 1 is 0.857 bits per heavy atom. The van der Waals surface area contributed by atoms with E-state index >= 15 is 0 Å². The van der Waals surface area contributed by atoms with E-state index in [0.717, 1.165) is 16.7 Å². The molecule has 0 spiro atoms. The quantitative estimate of drug-likeness (QED) is 0.116. The van der Waals surface area contributed by atoms with Crippen LogP contribution in [-0.2, 0) is 34.0 Å². The predicted octanol–water partition coefficient (Wildman–Crippen LogP) is 6.69. The Labute approximate surface area is 285 Å². The van der Waals surface area contributed by atoms with E-state index in [-0.39, 0.29) is 25.7 Å². The number of ether oxygens (including phenoxy) is 3. The third-order valence-corrected chi connectivity index (χ3v) is 9.51. The fourth-order valence-electron chi connectivity index (χ4n) is 7.02. The van der Waals surface area contributed by atoms with E-state index in [1.165, 1.54) is 0 Å². The molecule has 1 saturated carbocycles. The van der Waals surface area contributed by atoms with Gasteiger partial charge in [0.05, 0.1) is 55.8 Å². The van der Waals surface area contributed by atoms with Crippen molar-refractivity contribution in [3.63, 3.8) is 0 Å². The highest BCUT2D eigenvalue weighted by Crippen LogP contribution is 2.41. The van der Waals surface area contributed by atoms with Crippen LogP contribution in [0.15, 0.2) is 101 Å². The minimum Gasteiger partial charge on any atom is -0.445 e. The van der Waals surface area contributed by atoms with Crippen molar-refractivity contribution in [2.75, 3.05) is 6.61 Å². The van der Waals surface area contributed by atoms with E-state index in [1.54, 1.807) is 4.90 Å². The minimum atomic E-state index is -1.32. The Kier molecular flexibility index (Phi) is 12.9. The molecule has 1 aliphatic heterocycles. The SMILES string of the molecule is C[C@H]1CC(N=[N+]=[N-])[C@H](O)[C@@H](O)C1[C@H]1O[C@H]([C@@H](COCc2ccccc2)N(Cc2ccccc2)C(=O)OCc2ccccc2)CCC1N=[N+]=[N-]. The fraction of sp³-hybridized carbons (Fsp3) is 0.472. The van der Waals surface area contributed by atoms with Crippen molar-refractivity contribution in [1.82, 2.24) is 4.90 Å². The standard InChI is InChI=1S/C36H43N7O6/c1-24-19-29(40-42-38)33(44)34(45)32(24)35-28(39-41-37)17-18-31(49-35)30(23-47-21-26-13-7-3-8-14-26)43(20-25-11-5-2-6-12-25)36(46)48-22-27-15-9-4-10-16-27/h2-16,24,28-35,44-45H,17-23H2,1H3/t24-,28?,29?,30+,31-,32?,33-,34-,35-/m0/s1. The molecule has 13 nitrogen and oxygen atoms in total. The molecule has 1 amide bonds. The number of carbonyl (C=O) groups is 1. The van der Waals surface area contributed by atoms with Crippen LogP contribution in [0, 0.1) is 11.8 Å². The van der Waals surface area contributed by atoms with E-state index < -0.39 is 54.6 Å². The highest BCUT2D eigenvalue weighted by molar-refractivity contribution is 5.68. The maximum absolute atomic E-state index is 14.0. The van der Waals surface area contributed by atoms with Gasteiger partial charge in [-0.3, -0.25) is 4.90 Å². The number of carbonyl (C=O) groups excluding carboxylic acids is 1. The van der Waals surface area contributed by atoms with Gasteiger partial charge in [0.1, 0.15) is 6.61 Å². The smallest absolute Gasteiger partial charge is 0.410 e. The number of nitrogens with zero attached hydrogens (tertiary/aromatic N) is 7. The zero-order valence-electron chi connectivity index (χ0n) is 27.5. The lowest BCUT2D eigenvalue weighted by Crippen LogP contribution is -2.60. The van der Waals surface area contributed by atoms with Gasteiger partial charge >= 0.3 is 6.09 Å². The molecule has 3 aromatic carbocycles. The summed E-state index contributed by atoms with van der Waals surface area (Å²) < 4.78 is 19.0. The van der Waals surface area contributed by atoms with Gasteiger partial charge in [0, 0.05) is 22.3 Å². The van der Waals surface area contributed by atoms with Gasteiger partial charge in [-0.15, -0.1) is 0 Å². The van der Waals surface area contributed by atoms with Gasteiger partial charge in [0.15, 0.2) is 0 Å². The fourth-order valence-corrected chi connectivity index (χ4v) is 7.02. The largest absolute Gasteiger partial charge is 0.445 e. The second kappa shape index (κ2) is 17.7. The van der Waals surface area contributed by atoms with E-state index in [1.807, 2.05) is 97.9 Å². The summed E-state index contributed by atoms with van der Waals surface area (Å²) in [5.41, 5.74) is 21.2. The molecule has 9 atom stereocenters. The summed E-state index contributed by atoms with van der Waals surface area (Å²) >= 11 is 0. The van der Waals surface area contributed by atoms with Crippen molar-refractivity contribution in [2.45, 2.75) is 88.5 Å². The van der Waals surface area contributed by atoms with Gasteiger partial charge < -0.3 is 24.4 Å². The summed E-state index contributed by atoms with van der Waals surface area (Å²) in [4.78, 5) is 21.6. The second-order valence-electron chi connectivity index (χ2n) is 12.8. The molecule has 49 heavy (non-hydrogen) atoms. The maximum atomic E-state index is 14.0. The molecule has 2 N–H and O–H groups in total. The van der Waals surface area contributed by atoms with E-state index in [2.05, 4.69) is 20.1 Å². The molecule has 5 rings (SSSR count). The van der Waals surface area contributed by atoms with Crippen LogP contribution in [0.2, 0.25) is 0 Å². The molecule has 3 aromatic rings. The molecule has 2 aliphatic rings.